The first-order valence-electron chi connectivity index (χ1n) is 4.76. The molecule has 2 heteroatoms. The van der Waals surface area contributed by atoms with Gasteiger partial charge in [-0.05, 0) is 0 Å². The van der Waals surface area contributed by atoms with E-state index in [-0.39, 0.29) is 17.1 Å². The summed E-state index contributed by atoms with van der Waals surface area (Å²) in [6.45, 7) is 2.22. The van der Waals surface area contributed by atoms with Gasteiger partial charge in [0.25, 0.3) is 0 Å². The van der Waals surface area contributed by atoms with Crippen LogP contribution in [0.1, 0.15) is 58.3 Å². The van der Waals surface area contributed by atoms with Gasteiger partial charge in [0, 0.05) is 17.1 Å². The number of hydrogen-bond acceptors (Lipinski definition) is 1. The molecular formula is C10H19FeO-. The van der Waals surface area contributed by atoms with E-state index >= 15 is 0 Å². The molecule has 74 valence electrons. The summed E-state index contributed by atoms with van der Waals surface area (Å²) < 4.78 is 0. The van der Waals surface area contributed by atoms with Crippen molar-refractivity contribution in [3.05, 3.63) is 0 Å². The van der Waals surface area contributed by atoms with Gasteiger partial charge in [-0.2, -0.15) is 6.42 Å². The van der Waals surface area contributed by atoms with Gasteiger partial charge in [-0.3, -0.25) is 6.29 Å². The molecule has 1 nitrogen and oxygen atoms in total. The van der Waals surface area contributed by atoms with E-state index in [2.05, 4.69) is 6.92 Å². The van der Waals surface area contributed by atoms with Gasteiger partial charge in [-0.25, -0.2) is 0 Å². The Balaban J connectivity index is 0. The molecule has 0 saturated carbocycles. The maximum absolute atomic E-state index is 9.82. The van der Waals surface area contributed by atoms with Crippen molar-refractivity contribution < 1.29 is 21.9 Å². The first kappa shape index (κ1) is 14.7. The van der Waals surface area contributed by atoms with Gasteiger partial charge in [-0.15, -0.1) is 0 Å². The van der Waals surface area contributed by atoms with Crippen LogP contribution in [0.4, 0.5) is 0 Å². The quantitative estimate of drug-likeness (QED) is 0.342. The summed E-state index contributed by atoms with van der Waals surface area (Å²) in [5.74, 6) is 0. The molecule has 0 aliphatic rings. The van der Waals surface area contributed by atoms with Crippen LogP contribution < -0.4 is 0 Å². The third-order valence-corrected chi connectivity index (χ3v) is 1.88. The number of rotatable bonds is 8. The summed E-state index contributed by atoms with van der Waals surface area (Å²) in [5.41, 5.74) is 0. The third kappa shape index (κ3) is 12.8. The van der Waals surface area contributed by atoms with Crippen molar-refractivity contribution in [3.63, 3.8) is 0 Å². The Labute approximate surface area is 86.8 Å². The van der Waals surface area contributed by atoms with Crippen molar-refractivity contribution in [2.24, 2.45) is 0 Å². The number of hydrogen-bond donors (Lipinski definition) is 0. The van der Waals surface area contributed by atoms with E-state index in [0.29, 0.717) is 6.42 Å². The molecule has 0 aliphatic heterocycles. The second kappa shape index (κ2) is 13.8. The standard InChI is InChI=1S/C10H19O.Fe/c1-2-3-4-5-6-7-8-9-10-11;/h2-9H2,1H3;/q-1;. The Morgan fingerprint density at radius 1 is 0.917 bits per heavy atom. The minimum absolute atomic E-state index is 0. The van der Waals surface area contributed by atoms with Crippen LogP contribution in [0.15, 0.2) is 0 Å². The van der Waals surface area contributed by atoms with Gasteiger partial charge in [-0.1, -0.05) is 51.9 Å². The second-order valence-corrected chi connectivity index (χ2v) is 3.02. The predicted octanol–water partition coefficient (Wildman–Crippen LogP) is 3.23. The Bertz CT molecular complexity index is 83.9. The fourth-order valence-corrected chi connectivity index (χ4v) is 1.15. The van der Waals surface area contributed by atoms with Gasteiger partial charge < -0.3 is 4.79 Å². The fourth-order valence-electron chi connectivity index (χ4n) is 1.15. The molecule has 0 saturated heterocycles. The molecule has 0 bridgehead atoms. The van der Waals surface area contributed by atoms with Crippen LogP contribution in [0.25, 0.3) is 0 Å². The second-order valence-electron chi connectivity index (χ2n) is 3.02. The molecule has 0 aromatic carbocycles. The van der Waals surface area contributed by atoms with Crippen molar-refractivity contribution in [2.75, 3.05) is 0 Å². The van der Waals surface area contributed by atoms with E-state index in [4.69, 9.17) is 0 Å². The van der Waals surface area contributed by atoms with Crippen LogP contribution >= 0.6 is 0 Å². The average molecular weight is 211 g/mol. The largest absolute Gasteiger partial charge is 0.542 e. The molecule has 0 unspecified atom stereocenters. The summed E-state index contributed by atoms with van der Waals surface area (Å²) >= 11 is 0. The van der Waals surface area contributed by atoms with Crippen molar-refractivity contribution >= 4 is 6.29 Å². The topological polar surface area (TPSA) is 17.1 Å². The smallest absolute Gasteiger partial charge is 0 e. The maximum Gasteiger partial charge on any atom is 0 e. The van der Waals surface area contributed by atoms with Gasteiger partial charge in [0.05, 0.1) is 0 Å². The molecule has 0 heterocycles. The zero-order chi connectivity index (χ0) is 8.36. The van der Waals surface area contributed by atoms with Crippen LogP contribution in [-0.4, -0.2) is 6.29 Å². The molecule has 0 atom stereocenters. The summed E-state index contributed by atoms with van der Waals surface area (Å²) in [7, 11) is 0. The Morgan fingerprint density at radius 2 is 1.42 bits per heavy atom. The molecule has 0 rings (SSSR count). The zero-order valence-electron chi connectivity index (χ0n) is 7.92. The van der Waals surface area contributed by atoms with Crippen LogP contribution in [-0.2, 0) is 21.9 Å². The summed E-state index contributed by atoms with van der Waals surface area (Å²) in [4.78, 5) is 9.82. The van der Waals surface area contributed by atoms with Crippen LogP contribution in [0, 0.1) is 0 Å². The van der Waals surface area contributed by atoms with E-state index in [1.165, 1.54) is 38.5 Å². The van der Waals surface area contributed by atoms with Crippen LogP contribution in [0.3, 0.4) is 0 Å². The van der Waals surface area contributed by atoms with E-state index in [9.17, 15) is 4.79 Å². The maximum atomic E-state index is 9.82. The molecule has 0 aromatic rings. The van der Waals surface area contributed by atoms with Gasteiger partial charge in [0.1, 0.15) is 0 Å². The molecule has 0 spiro atoms. The summed E-state index contributed by atoms with van der Waals surface area (Å²) in [6, 6.07) is 0. The Hall–Kier alpha value is 0.189. The minimum Gasteiger partial charge on any atom is -0.542 e. The van der Waals surface area contributed by atoms with Gasteiger partial charge >= 0.3 is 0 Å². The molecule has 0 N–H and O–H groups in total. The average Bonchev–Trinajstić information content (AvgIpc) is 2.03. The SMILES string of the molecule is CCCCCCCCC[C-]=O.[Fe]. The minimum atomic E-state index is 0. The molecule has 0 aliphatic carbocycles. The van der Waals surface area contributed by atoms with Crippen LogP contribution in [0.5, 0.6) is 0 Å². The third-order valence-electron chi connectivity index (χ3n) is 1.88. The Kier molecular flexibility index (Phi) is 16.9. The van der Waals surface area contributed by atoms with E-state index < -0.39 is 0 Å². The molecular weight excluding hydrogens is 192 g/mol. The van der Waals surface area contributed by atoms with Crippen LogP contribution in [0.2, 0.25) is 0 Å². The van der Waals surface area contributed by atoms with Crippen molar-refractivity contribution in [2.45, 2.75) is 58.3 Å². The van der Waals surface area contributed by atoms with Gasteiger partial charge in [0.15, 0.2) is 0 Å². The zero-order valence-corrected chi connectivity index (χ0v) is 9.02. The number of carbonyl (C=O) groups excluding carboxylic acids is 1. The fraction of sp³-hybridized carbons (Fsp3) is 0.900. The van der Waals surface area contributed by atoms with Crippen molar-refractivity contribution in [3.8, 4) is 0 Å². The molecule has 0 radical (unpaired) electrons. The summed E-state index contributed by atoms with van der Waals surface area (Å²) in [6.07, 6.45) is 11.5. The molecule has 0 amide bonds. The monoisotopic (exact) mass is 211 g/mol. The molecule has 0 aromatic heterocycles. The van der Waals surface area contributed by atoms with Crippen molar-refractivity contribution in [1.29, 1.82) is 0 Å². The molecule has 12 heavy (non-hydrogen) atoms. The normalized spacial score (nSPS) is 9.08. The first-order chi connectivity index (χ1) is 5.41. The summed E-state index contributed by atoms with van der Waals surface area (Å²) in [5, 5.41) is 0. The van der Waals surface area contributed by atoms with Crippen molar-refractivity contribution in [1.82, 2.24) is 0 Å². The van der Waals surface area contributed by atoms with Gasteiger partial charge in [0.2, 0.25) is 0 Å². The number of unbranched alkanes of at least 4 members (excludes halogenated alkanes) is 7. The van der Waals surface area contributed by atoms with E-state index in [1.807, 2.05) is 6.29 Å². The predicted molar refractivity (Wildman–Crippen MR) is 48.3 cm³/mol. The Morgan fingerprint density at radius 3 is 1.92 bits per heavy atom. The van der Waals surface area contributed by atoms with E-state index in [0.717, 1.165) is 6.42 Å². The molecule has 0 fully saturated rings. The first-order valence-corrected chi connectivity index (χ1v) is 4.76. The van der Waals surface area contributed by atoms with E-state index in [1.54, 1.807) is 0 Å².